The van der Waals surface area contributed by atoms with Gasteiger partial charge in [-0.15, -0.1) is 0 Å². The van der Waals surface area contributed by atoms with E-state index in [-0.39, 0.29) is 23.2 Å². The van der Waals surface area contributed by atoms with E-state index >= 15 is 0 Å². The third-order valence-corrected chi connectivity index (χ3v) is 6.27. The molecule has 0 bridgehead atoms. The van der Waals surface area contributed by atoms with Crippen LogP contribution < -0.4 is 10.6 Å². The first-order valence-electron chi connectivity index (χ1n) is 9.10. The number of likely N-dealkylation sites (tertiary alicyclic amines) is 1. The molecular weight excluding hydrogens is 400 g/mol. The normalized spacial score (nSPS) is 29.6. The average molecular weight is 425 g/mol. The molecule has 1 aliphatic heterocycles. The maximum absolute atomic E-state index is 13.1. The highest BCUT2D eigenvalue weighted by molar-refractivity contribution is 7.80. The molecule has 1 aliphatic carbocycles. The summed E-state index contributed by atoms with van der Waals surface area (Å²) in [5, 5.41) is 5.60. The second kappa shape index (κ2) is 8.64. The third-order valence-electron chi connectivity index (χ3n) is 5.54. The van der Waals surface area contributed by atoms with Gasteiger partial charge in [0.05, 0.1) is 12.1 Å². The van der Waals surface area contributed by atoms with Crippen molar-refractivity contribution in [3.05, 3.63) is 35.9 Å². The Balaban J connectivity index is 1.99. The molecule has 4 atom stereocenters. The fourth-order valence-corrected chi connectivity index (χ4v) is 4.59. The van der Waals surface area contributed by atoms with Crippen LogP contribution >= 0.6 is 12.2 Å². The van der Waals surface area contributed by atoms with Crippen molar-refractivity contribution in [3.63, 3.8) is 0 Å². The monoisotopic (exact) mass is 424 g/mol. The number of thiocarbonyl (C=S) groups is 1. The van der Waals surface area contributed by atoms with Gasteiger partial charge in [0.2, 0.25) is 5.91 Å². The summed E-state index contributed by atoms with van der Waals surface area (Å²) in [4.78, 5) is 15.2. The Kier molecular flexibility index (Phi) is 6.43. The van der Waals surface area contributed by atoms with Crippen LogP contribution in [0, 0.1) is 0 Å². The number of carbonyl (C=O) groups excluding carboxylic acids is 1. The zero-order valence-corrected chi connectivity index (χ0v) is 17.4. The third kappa shape index (κ3) is 4.09. The van der Waals surface area contributed by atoms with E-state index in [0.717, 1.165) is 12.0 Å². The number of nitrogens with zero attached hydrogens (tertiary/aromatic N) is 2. The number of methoxy groups -OCH3 is 1. The number of ether oxygens (including phenoxy) is 1. The van der Waals surface area contributed by atoms with Gasteiger partial charge < -0.3 is 15.4 Å². The van der Waals surface area contributed by atoms with Crippen molar-refractivity contribution in [2.45, 2.75) is 43.0 Å². The van der Waals surface area contributed by atoms with Crippen LogP contribution in [-0.2, 0) is 20.0 Å². The van der Waals surface area contributed by atoms with Gasteiger partial charge in [0, 0.05) is 33.2 Å². The Morgan fingerprint density at radius 3 is 2.68 bits per heavy atom. The predicted octanol–water partition coefficient (Wildman–Crippen LogP) is 1.03. The number of rotatable bonds is 5. The van der Waals surface area contributed by atoms with Crippen molar-refractivity contribution in [2.75, 3.05) is 20.7 Å². The molecule has 0 radical (unpaired) electrons. The highest BCUT2D eigenvalue weighted by Gasteiger charge is 2.66. The Labute approximate surface area is 171 Å². The molecule has 1 aromatic carbocycles. The lowest BCUT2D eigenvalue weighted by atomic mass is 9.90. The van der Waals surface area contributed by atoms with E-state index < -0.39 is 22.1 Å². The molecule has 1 amide bonds. The van der Waals surface area contributed by atoms with Gasteiger partial charge in [-0.1, -0.05) is 30.3 Å². The van der Waals surface area contributed by atoms with Crippen molar-refractivity contribution in [1.82, 2.24) is 15.5 Å². The van der Waals surface area contributed by atoms with E-state index in [1.54, 1.807) is 14.2 Å². The van der Waals surface area contributed by atoms with Crippen LogP contribution in [0.1, 0.15) is 30.9 Å². The van der Waals surface area contributed by atoms with E-state index in [2.05, 4.69) is 19.9 Å². The Bertz CT molecular complexity index is 869. The van der Waals surface area contributed by atoms with E-state index in [1.807, 2.05) is 30.3 Å². The largest absolute Gasteiger partial charge is 0.381 e. The maximum atomic E-state index is 13.1. The predicted molar refractivity (Wildman–Crippen MR) is 108 cm³/mol. The molecule has 4 unspecified atom stereocenters. The summed E-state index contributed by atoms with van der Waals surface area (Å²) in [6, 6.07) is 9.15. The minimum atomic E-state index is -2.58. The quantitative estimate of drug-likeness (QED) is 0.681. The van der Waals surface area contributed by atoms with E-state index in [0.29, 0.717) is 19.4 Å². The van der Waals surface area contributed by atoms with Crippen LogP contribution in [0.5, 0.6) is 0 Å². The van der Waals surface area contributed by atoms with Crippen LogP contribution in [-0.4, -0.2) is 62.7 Å². The molecule has 8 nitrogen and oxygen atoms in total. The van der Waals surface area contributed by atoms with Crippen molar-refractivity contribution in [1.29, 1.82) is 0 Å². The molecule has 3 rings (SSSR count). The summed E-state index contributed by atoms with van der Waals surface area (Å²) in [6.07, 6.45) is 1.86. The van der Waals surface area contributed by atoms with Crippen LogP contribution in [0.15, 0.2) is 34.7 Å². The van der Waals surface area contributed by atoms with E-state index in [1.165, 1.54) is 0 Å². The fourth-order valence-electron chi connectivity index (χ4n) is 4.04. The minimum Gasteiger partial charge on any atom is -0.381 e. The number of hydrogen-bond acceptors (Lipinski definition) is 7. The molecule has 10 heteroatoms. The number of benzene rings is 1. The lowest BCUT2D eigenvalue weighted by Crippen LogP contribution is -2.57. The van der Waals surface area contributed by atoms with Gasteiger partial charge in [-0.2, -0.15) is 12.8 Å². The molecule has 2 aliphatic rings. The second-order valence-corrected chi connectivity index (χ2v) is 8.06. The zero-order valence-electron chi connectivity index (χ0n) is 15.8. The topological polar surface area (TPSA) is 100 Å². The number of nitrogens with one attached hydrogen (secondary N) is 2. The van der Waals surface area contributed by atoms with Gasteiger partial charge >= 0.3 is 10.5 Å². The molecule has 1 heterocycles. The minimum absolute atomic E-state index is 0.0720. The number of piperidine rings is 1. The molecule has 1 saturated heterocycles. The summed E-state index contributed by atoms with van der Waals surface area (Å²) in [7, 11) is 0.721. The summed E-state index contributed by atoms with van der Waals surface area (Å²) in [6.45, 7) is 0.593. The van der Waals surface area contributed by atoms with Crippen molar-refractivity contribution in [3.8, 4) is 0 Å². The van der Waals surface area contributed by atoms with E-state index in [9.17, 15) is 13.2 Å². The van der Waals surface area contributed by atoms with Gasteiger partial charge in [-0.25, -0.2) is 0 Å². The lowest BCUT2D eigenvalue weighted by molar-refractivity contribution is -0.130. The molecule has 152 valence electrons. The van der Waals surface area contributed by atoms with Crippen molar-refractivity contribution < 1.29 is 17.9 Å². The van der Waals surface area contributed by atoms with Gasteiger partial charge in [0.1, 0.15) is 5.54 Å². The molecule has 28 heavy (non-hydrogen) atoms. The second-order valence-electron chi connectivity index (χ2n) is 7.00. The number of amides is 1. The first kappa shape index (κ1) is 20.8. The Morgan fingerprint density at radius 2 is 2.07 bits per heavy atom. The average Bonchev–Trinajstić information content (AvgIpc) is 3.42. The molecule has 0 aromatic heterocycles. The fraction of sp³-hybridized carbons (Fsp3) is 0.556. The highest BCUT2D eigenvalue weighted by atomic mass is 32.2. The molecule has 2 fully saturated rings. The first-order chi connectivity index (χ1) is 13.4. The van der Waals surface area contributed by atoms with Gasteiger partial charge in [0.15, 0.2) is 5.11 Å². The Morgan fingerprint density at radius 1 is 1.36 bits per heavy atom. The first-order valence-corrected chi connectivity index (χ1v) is 10.5. The molecule has 0 spiro atoms. The van der Waals surface area contributed by atoms with Gasteiger partial charge in [-0.05, 0) is 30.6 Å². The van der Waals surface area contributed by atoms with Crippen LogP contribution in [0.25, 0.3) is 0 Å². The van der Waals surface area contributed by atoms with Crippen LogP contribution in [0.4, 0.5) is 0 Å². The molecule has 2 N–H and O–H groups in total. The van der Waals surface area contributed by atoms with Gasteiger partial charge in [0.25, 0.3) is 0 Å². The number of carbonyl (C=O) groups is 1. The molecular formula is C18H24N4O4S2. The van der Waals surface area contributed by atoms with Crippen molar-refractivity contribution >= 4 is 33.7 Å². The van der Waals surface area contributed by atoms with Crippen molar-refractivity contribution in [2.24, 2.45) is 4.36 Å². The summed E-state index contributed by atoms with van der Waals surface area (Å²) < 4.78 is 31.7. The lowest BCUT2D eigenvalue weighted by Gasteiger charge is -2.43. The highest BCUT2D eigenvalue weighted by Crippen LogP contribution is 2.51. The molecule has 1 saturated carbocycles. The van der Waals surface area contributed by atoms with Gasteiger partial charge in [-0.3, -0.25) is 9.69 Å². The smallest absolute Gasteiger partial charge is 0.311 e. The maximum Gasteiger partial charge on any atom is 0.311 e. The molecule has 1 aromatic rings. The van der Waals surface area contributed by atoms with E-state index in [4.69, 9.17) is 17.0 Å². The summed E-state index contributed by atoms with van der Waals surface area (Å²) in [5.74, 6) is -0.331. The van der Waals surface area contributed by atoms with Crippen LogP contribution in [0.3, 0.4) is 0 Å². The number of hydrogen-bond donors (Lipinski definition) is 2. The van der Waals surface area contributed by atoms with Crippen LogP contribution in [0.2, 0.25) is 0 Å². The zero-order chi connectivity index (χ0) is 20.3. The summed E-state index contributed by atoms with van der Waals surface area (Å²) >= 11 is 5.08. The standard InChI is InChI=1S/C18H24N4O4S2/c1-19-17(27)20-16(23)18(11-15(18)21-28(24)25)22-9-8-13(26-2)10-14(22)12-6-4-3-5-7-12/h3-7,13-15H,8-11H2,1-2H3,(H2,19,20,23,27). The SMILES string of the molecule is CNC(=S)NC(=O)C1(N2CCC(OC)CC2c2ccccc2)CC1N=S(=O)=O. The Hall–Kier alpha value is -1.88. The summed E-state index contributed by atoms with van der Waals surface area (Å²) in [5.41, 5.74) is 0.0155.